The second kappa shape index (κ2) is 5.44. The fraction of sp³-hybridized carbons (Fsp3) is 1.00. The molecule has 0 rings (SSSR count). The zero-order valence-corrected chi connectivity index (χ0v) is 11.3. The van der Waals surface area contributed by atoms with Crippen LogP contribution in [0, 0.1) is 5.41 Å². The van der Waals surface area contributed by atoms with E-state index in [4.69, 9.17) is 8.74 Å². The van der Waals surface area contributed by atoms with Gasteiger partial charge < -0.3 is 0 Å². The SMILES string of the molecule is CC(C)(C)COS(=O)(=O)CCCS(=O)(=O)O. The van der Waals surface area contributed by atoms with Gasteiger partial charge in [-0.2, -0.15) is 16.8 Å². The van der Waals surface area contributed by atoms with Crippen LogP contribution in [0.2, 0.25) is 0 Å². The van der Waals surface area contributed by atoms with E-state index in [0.29, 0.717) is 0 Å². The average molecular weight is 274 g/mol. The quantitative estimate of drug-likeness (QED) is 0.564. The van der Waals surface area contributed by atoms with Crippen LogP contribution in [0.1, 0.15) is 27.2 Å². The highest BCUT2D eigenvalue weighted by molar-refractivity contribution is 7.87. The molecule has 6 nitrogen and oxygen atoms in total. The molecule has 0 aromatic heterocycles. The zero-order valence-electron chi connectivity index (χ0n) is 9.63. The van der Waals surface area contributed by atoms with E-state index in [-0.39, 0.29) is 18.4 Å². The van der Waals surface area contributed by atoms with Crippen LogP contribution in [0.3, 0.4) is 0 Å². The van der Waals surface area contributed by atoms with Crippen molar-refractivity contribution >= 4 is 20.2 Å². The van der Waals surface area contributed by atoms with E-state index in [2.05, 4.69) is 0 Å². The third-order valence-corrected chi connectivity index (χ3v) is 3.54. The predicted molar refractivity (Wildman–Crippen MR) is 60.2 cm³/mol. The summed E-state index contributed by atoms with van der Waals surface area (Å²) in [6.45, 7) is 5.50. The molecular weight excluding hydrogens is 256 g/mol. The summed E-state index contributed by atoms with van der Waals surface area (Å²) in [5, 5.41) is 0. The van der Waals surface area contributed by atoms with Crippen LogP contribution in [0.4, 0.5) is 0 Å². The van der Waals surface area contributed by atoms with Gasteiger partial charge in [-0.05, 0) is 11.8 Å². The molecule has 1 N–H and O–H groups in total. The van der Waals surface area contributed by atoms with Crippen molar-refractivity contribution in [1.82, 2.24) is 0 Å². The predicted octanol–water partition coefficient (Wildman–Crippen LogP) is 0.657. The van der Waals surface area contributed by atoms with Gasteiger partial charge >= 0.3 is 0 Å². The maximum atomic E-state index is 11.3. The van der Waals surface area contributed by atoms with Crippen molar-refractivity contribution in [3.63, 3.8) is 0 Å². The Labute approximate surface area is 96.9 Å². The first-order valence-electron chi connectivity index (χ1n) is 4.74. The summed E-state index contributed by atoms with van der Waals surface area (Å²) in [7, 11) is -7.82. The zero-order chi connectivity index (χ0) is 13.0. The normalized spacial score (nSPS) is 14.0. The van der Waals surface area contributed by atoms with Crippen LogP contribution in [0.25, 0.3) is 0 Å². The minimum atomic E-state index is -4.11. The van der Waals surface area contributed by atoms with Crippen molar-refractivity contribution < 1.29 is 25.6 Å². The first-order valence-corrected chi connectivity index (χ1v) is 7.92. The van der Waals surface area contributed by atoms with E-state index in [9.17, 15) is 16.8 Å². The fourth-order valence-electron chi connectivity index (χ4n) is 0.744. The minimum Gasteiger partial charge on any atom is -0.286 e. The van der Waals surface area contributed by atoms with Crippen molar-refractivity contribution in [2.75, 3.05) is 18.1 Å². The van der Waals surface area contributed by atoms with E-state index >= 15 is 0 Å². The van der Waals surface area contributed by atoms with Gasteiger partial charge in [-0.3, -0.25) is 8.74 Å². The van der Waals surface area contributed by atoms with Gasteiger partial charge in [0, 0.05) is 0 Å². The Kier molecular flexibility index (Phi) is 5.37. The average Bonchev–Trinajstić information content (AvgIpc) is 1.97. The molecule has 0 aliphatic carbocycles. The molecule has 0 aromatic rings. The summed E-state index contributed by atoms with van der Waals surface area (Å²) >= 11 is 0. The van der Waals surface area contributed by atoms with E-state index < -0.39 is 31.7 Å². The van der Waals surface area contributed by atoms with E-state index in [0.717, 1.165) is 0 Å². The topological polar surface area (TPSA) is 97.7 Å². The highest BCUT2D eigenvalue weighted by Crippen LogP contribution is 2.14. The van der Waals surface area contributed by atoms with Crippen molar-refractivity contribution in [2.24, 2.45) is 5.41 Å². The molecule has 0 spiro atoms. The lowest BCUT2D eigenvalue weighted by Gasteiger charge is -2.17. The first-order chi connectivity index (χ1) is 6.91. The van der Waals surface area contributed by atoms with Gasteiger partial charge in [-0.15, -0.1) is 0 Å². The Balaban J connectivity index is 4.08. The summed E-state index contributed by atoms with van der Waals surface area (Å²) in [5.74, 6) is -0.992. The lowest BCUT2D eigenvalue weighted by molar-refractivity contribution is 0.203. The molecule has 16 heavy (non-hydrogen) atoms. The number of rotatable bonds is 6. The molecule has 0 atom stereocenters. The minimum absolute atomic E-state index is 0.0429. The Morgan fingerprint density at radius 3 is 1.94 bits per heavy atom. The maximum Gasteiger partial charge on any atom is 0.267 e. The first kappa shape index (κ1) is 15.8. The van der Waals surface area contributed by atoms with Crippen molar-refractivity contribution in [1.29, 1.82) is 0 Å². The second-order valence-corrected chi connectivity index (χ2v) is 8.06. The van der Waals surface area contributed by atoms with Gasteiger partial charge in [0.15, 0.2) is 0 Å². The highest BCUT2D eigenvalue weighted by atomic mass is 32.2. The van der Waals surface area contributed by atoms with Crippen LogP contribution < -0.4 is 0 Å². The molecule has 0 radical (unpaired) electrons. The van der Waals surface area contributed by atoms with Gasteiger partial charge in [-0.1, -0.05) is 20.8 Å². The molecule has 8 heteroatoms. The molecule has 0 heterocycles. The molecule has 0 aliphatic heterocycles. The summed E-state index contributed by atoms with van der Waals surface area (Å²) < 4.78 is 56.4. The summed E-state index contributed by atoms with van der Waals surface area (Å²) in [6.07, 6.45) is -0.175. The third-order valence-electron chi connectivity index (χ3n) is 1.47. The fourth-order valence-corrected chi connectivity index (χ4v) is 2.58. The maximum absolute atomic E-state index is 11.3. The lowest BCUT2D eigenvalue weighted by atomic mass is 9.99. The van der Waals surface area contributed by atoms with Gasteiger partial charge in [0.2, 0.25) is 0 Å². The standard InChI is InChI=1S/C8H18O6S2/c1-8(2,3)7-14-16(12,13)6-4-5-15(9,10)11/h4-7H2,1-3H3,(H,9,10,11). The van der Waals surface area contributed by atoms with E-state index in [1.54, 1.807) is 0 Å². The van der Waals surface area contributed by atoms with Crippen LogP contribution in [0.5, 0.6) is 0 Å². The van der Waals surface area contributed by atoms with Crippen LogP contribution in [-0.4, -0.2) is 39.5 Å². The smallest absolute Gasteiger partial charge is 0.267 e. The van der Waals surface area contributed by atoms with Crippen molar-refractivity contribution in [3.8, 4) is 0 Å². The highest BCUT2D eigenvalue weighted by Gasteiger charge is 2.18. The van der Waals surface area contributed by atoms with E-state index in [1.165, 1.54) is 0 Å². The molecule has 0 aromatic carbocycles. The molecule has 0 unspecified atom stereocenters. The van der Waals surface area contributed by atoms with Crippen LogP contribution in [-0.2, 0) is 24.4 Å². The summed E-state index contributed by atoms with van der Waals surface area (Å²) in [6, 6.07) is 0. The molecule has 0 bridgehead atoms. The molecule has 0 fully saturated rings. The van der Waals surface area contributed by atoms with Crippen LogP contribution in [0.15, 0.2) is 0 Å². The Morgan fingerprint density at radius 2 is 1.56 bits per heavy atom. The van der Waals surface area contributed by atoms with E-state index in [1.807, 2.05) is 20.8 Å². The lowest BCUT2D eigenvalue weighted by Crippen LogP contribution is -2.21. The number of hydrogen-bond acceptors (Lipinski definition) is 5. The summed E-state index contributed by atoms with van der Waals surface area (Å²) in [5.41, 5.74) is -0.282. The van der Waals surface area contributed by atoms with Crippen molar-refractivity contribution in [3.05, 3.63) is 0 Å². The second-order valence-electron chi connectivity index (χ2n) is 4.72. The Hall–Kier alpha value is -0.180. The van der Waals surface area contributed by atoms with Crippen LogP contribution >= 0.6 is 0 Å². The van der Waals surface area contributed by atoms with Gasteiger partial charge in [-0.25, -0.2) is 0 Å². The van der Waals surface area contributed by atoms with Gasteiger partial charge in [0.1, 0.15) is 0 Å². The molecule has 0 aliphatic rings. The largest absolute Gasteiger partial charge is 0.286 e. The monoisotopic (exact) mass is 274 g/mol. The number of hydrogen-bond donors (Lipinski definition) is 1. The van der Waals surface area contributed by atoms with Gasteiger partial charge in [0.25, 0.3) is 20.2 Å². The Bertz CT molecular complexity index is 400. The van der Waals surface area contributed by atoms with Gasteiger partial charge in [0.05, 0.1) is 18.1 Å². The molecule has 0 saturated heterocycles. The molecule has 0 saturated carbocycles. The third kappa shape index (κ3) is 10.3. The summed E-state index contributed by atoms with van der Waals surface area (Å²) in [4.78, 5) is 0. The molecular formula is C8H18O6S2. The van der Waals surface area contributed by atoms with Crippen molar-refractivity contribution in [2.45, 2.75) is 27.2 Å². The molecule has 98 valence electrons. The molecule has 0 amide bonds. The Morgan fingerprint density at radius 1 is 1.06 bits per heavy atom.